The molecule has 0 aromatic carbocycles. The van der Waals surface area contributed by atoms with E-state index in [0.717, 1.165) is 12.8 Å². The molecule has 5 heteroatoms. The van der Waals surface area contributed by atoms with Crippen molar-refractivity contribution in [3.63, 3.8) is 0 Å². The second-order valence-corrected chi connectivity index (χ2v) is 5.01. The molecule has 0 spiro atoms. The molecule has 4 nitrogen and oxygen atoms in total. The summed E-state index contributed by atoms with van der Waals surface area (Å²) in [5.74, 6) is -0.201. The first-order valence-electron chi connectivity index (χ1n) is 5.03. The van der Waals surface area contributed by atoms with Crippen LogP contribution in [-0.2, 0) is 4.79 Å². The number of hydrogen-bond acceptors (Lipinski definition) is 3. The highest BCUT2D eigenvalue weighted by Crippen LogP contribution is 2.20. The van der Waals surface area contributed by atoms with Gasteiger partial charge < -0.3 is 15.7 Å². The fraction of sp³-hybridized carbons (Fsp3) is 0.900. The van der Waals surface area contributed by atoms with Gasteiger partial charge in [-0.3, -0.25) is 4.79 Å². The van der Waals surface area contributed by atoms with Crippen molar-refractivity contribution in [2.45, 2.75) is 44.8 Å². The number of aliphatic hydroxyl groups is 1. The molecule has 1 aliphatic heterocycles. The van der Waals surface area contributed by atoms with E-state index in [1.54, 1.807) is 4.90 Å². The molecule has 15 heavy (non-hydrogen) atoms. The van der Waals surface area contributed by atoms with Crippen LogP contribution in [0.25, 0.3) is 0 Å². The molecule has 1 aliphatic rings. The molecule has 0 unspecified atom stereocenters. The summed E-state index contributed by atoms with van der Waals surface area (Å²) < 4.78 is 0. The van der Waals surface area contributed by atoms with E-state index in [0.29, 0.717) is 13.1 Å². The van der Waals surface area contributed by atoms with Gasteiger partial charge in [-0.15, -0.1) is 12.4 Å². The Kier molecular flexibility index (Phi) is 4.58. The normalized spacial score (nSPS) is 20.7. The summed E-state index contributed by atoms with van der Waals surface area (Å²) in [6.07, 6.45) is 1.60. The van der Waals surface area contributed by atoms with Crippen LogP contribution in [0.4, 0.5) is 0 Å². The van der Waals surface area contributed by atoms with E-state index >= 15 is 0 Å². The molecule has 0 saturated carbocycles. The topological polar surface area (TPSA) is 66.6 Å². The average molecular weight is 237 g/mol. The van der Waals surface area contributed by atoms with Gasteiger partial charge in [-0.25, -0.2) is 0 Å². The predicted octanol–water partition coefficient (Wildman–Crippen LogP) is 0.519. The number of carbonyl (C=O) groups is 1. The van der Waals surface area contributed by atoms with E-state index in [-0.39, 0.29) is 23.9 Å². The van der Waals surface area contributed by atoms with E-state index < -0.39 is 5.60 Å². The molecule has 3 N–H and O–H groups in total. The van der Waals surface area contributed by atoms with Crippen molar-refractivity contribution in [1.82, 2.24) is 4.90 Å². The summed E-state index contributed by atoms with van der Waals surface area (Å²) in [5, 5.41) is 9.55. The Balaban J connectivity index is 0.00000196. The van der Waals surface area contributed by atoms with Gasteiger partial charge in [0.05, 0.1) is 0 Å². The van der Waals surface area contributed by atoms with E-state index in [4.69, 9.17) is 5.73 Å². The number of piperidine rings is 1. The number of amides is 1. The number of nitrogens with two attached hydrogens (primary N) is 1. The quantitative estimate of drug-likeness (QED) is 0.698. The highest BCUT2D eigenvalue weighted by Gasteiger charge is 2.34. The van der Waals surface area contributed by atoms with Gasteiger partial charge in [-0.2, -0.15) is 0 Å². The van der Waals surface area contributed by atoms with Crippen LogP contribution in [-0.4, -0.2) is 40.1 Å². The Labute approximate surface area is 97.2 Å². The van der Waals surface area contributed by atoms with Crippen molar-refractivity contribution in [1.29, 1.82) is 0 Å². The van der Waals surface area contributed by atoms with Gasteiger partial charge in [0.2, 0.25) is 0 Å². The van der Waals surface area contributed by atoms with E-state index in [1.165, 1.54) is 13.8 Å². The van der Waals surface area contributed by atoms with Crippen molar-refractivity contribution < 1.29 is 9.90 Å². The summed E-state index contributed by atoms with van der Waals surface area (Å²) >= 11 is 0. The fourth-order valence-corrected chi connectivity index (χ4v) is 1.61. The van der Waals surface area contributed by atoms with Crippen LogP contribution in [0.1, 0.15) is 33.6 Å². The van der Waals surface area contributed by atoms with Gasteiger partial charge in [0.25, 0.3) is 5.91 Å². The van der Waals surface area contributed by atoms with Gasteiger partial charge >= 0.3 is 0 Å². The maximum absolute atomic E-state index is 11.7. The first-order chi connectivity index (χ1) is 6.22. The van der Waals surface area contributed by atoms with Crippen molar-refractivity contribution >= 4 is 18.3 Å². The zero-order valence-corrected chi connectivity index (χ0v) is 10.4. The third-order valence-electron chi connectivity index (χ3n) is 2.72. The zero-order chi connectivity index (χ0) is 11.0. The van der Waals surface area contributed by atoms with Gasteiger partial charge in [0.1, 0.15) is 5.60 Å². The standard InChI is InChI=1S/C10H20N2O2.ClH/c1-9(2,14)8(13)12-6-4-10(3,11)5-7-12;/h14H,4-7,11H2,1-3H3;1H. The second kappa shape index (κ2) is 4.68. The fourth-order valence-electron chi connectivity index (χ4n) is 1.61. The smallest absolute Gasteiger partial charge is 0.253 e. The zero-order valence-electron chi connectivity index (χ0n) is 9.62. The SMILES string of the molecule is CC1(N)CCN(C(=O)C(C)(C)O)CC1.Cl. The highest BCUT2D eigenvalue weighted by molar-refractivity contribution is 5.85. The lowest BCUT2D eigenvalue weighted by molar-refractivity contribution is -0.149. The molecule has 0 aliphatic carbocycles. The summed E-state index contributed by atoms with van der Waals surface area (Å²) in [6.45, 7) is 6.34. The van der Waals surface area contributed by atoms with Crippen LogP contribution in [0.2, 0.25) is 0 Å². The summed E-state index contributed by atoms with van der Waals surface area (Å²) in [6, 6.07) is 0. The molecule has 0 aromatic rings. The third kappa shape index (κ3) is 3.97. The maximum Gasteiger partial charge on any atom is 0.253 e. The molecule has 1 amide bonds. The first-order valence-corrected chi connectivity index (χ1v) is 5.03. The number of hydrogen-bond donors (Lipinski definition) is 2. The molecule has 0 radical (unpaired) electrons. The lowest BCUT2D eigenvalue weighted by atomic mass is 9.90. The molecule has 0 atom stereocenters. The summed E-state index contributed by atoms with van der Waals surface area (Å²) in [4.78, 5) is 13.4. The van der Waals surface area contributed by atoms with Crippen molar-refractivity contribution in [3.8, 4) is 0 Å². The maximum atomic E-state index is 11.7. The van der Waals surface area contributed by atoms with Gasteiger partial charge in [0.15, 0.2) is 0 Å². The Morgan fingerprint density at radius 1 is 1.40 bits per heavy atom. The Hall–Kier alpha value is -0.320. The number of nitrogens with zero attached hydrogens (tertiary/aromatic N) is 1. The predicted molar refractivity (Wildman–Crippen MR) is 62.0 cm³/mol. The highest BCUT2D eigenvalue weighted by atomic mass is 35.5. The largest absolute Gasteiger partial charge is 0.381 e. The average Bonchev–Trinajstić information content (AvgIpc) is 2.01. The van der Waals surface area contributed by atoms with Crippen LogP contribution in [0.5, 0.6) is 0 Å². The summed E-state index contributed by atoms with van der Waals surface area (Å²) in [5.41, 5.74) is 4.53. The second-order valence-electron chi connectivity index (χ2n) is 5.01. The molecule has 1 saturated heterocycles. The Morgan fingerprint density at radius 2 is 1.80 bits per heavy atom. The van der Waals surface area contributed by atoms with E-state index in [2.05, 4.69) is 0 Å². The van der Waals surface area contributed by atoms with E-state index in [1.807, 2.05) is 6.92 Å². The molecule has 1 rings (SSSR count). The van der Waals surface area contributed by atoms with Crippen LogP contribution in [0, 0.1) is 0 Å². The molecule has 0 aromatic heterocycles. The molecular weight excluding hydrogens is 216 g/mol. The van der Waals surface area contributed by atoms with Crippen molar-refractivity contribution in [3.05, 3.63) is 0 Å². The third-order valence-corrected chi connectivity index (χ3v) is 2.72. The Morgan fingerprint density at radius 3 is 2.13 bits per heavy atom. The van der Waals surface area contributed by atoms with Crippen LogP contribution in [0.3, 0.4) is 0 Å². The number of rotatable bonds is 1. The van der Waals surface area contributed by atoms with Gasteiger partial charge in [0, 0.05) is 18.6 Å². The minimum Gasteiger partial charge on any atom is -0.381 e. The number of halogens is 1. The molecule has 1 fully saturated rings. The lowest BCUT2D eigenvalue weighted by Crippen LogP contribution is -2.54. The van der Waals surface area contributed by atoms with Crippen molar-refractivity contribution in [2.24, 2.45) is 5.73 Å². The van der Waals surface area contributed by atoms with Crippen LogP contribution in [0.15, 0.2) is 0 Å². The first kappa shape index (κ1) is 14.7. The minimum atomic E-state index is -1.26. The van der Waals surface area contributed by atoms with Gasteiger partial charge in [-0.05, 0) is 33.6 Å². The van der Waals surface area contributed by atoms with E-state index in [9.17, 15) is 9.90 Å². The van der Waals surface area contributed by atoms with Crippen LogP contribution >= 0.6 is 12.4 Å². The number of carbonyl (C=O) groups excluding carboxylic acids is 1. The molecular formula is C10H21ClN2O2. The monoisotopic (exact) mass is 236 g/mol. The Bertz CT molecular complexity index is 226. The molecule has 90 valence electrons. The number of likely N-dealkylation sites (tertiary alicyclic amines) is 1. The van der Waals surface area contributed by atoms with Crippen molar-refractivity contribution in [2.75, 3.05) is 13.1 Å². The molecule has 1 heterocycles. The lowest BCUT2D eigenvalue weighted by Gasteiger charge is -2.38. The minimum absolute atomic E-state index is 0. The van der Waals surface area contributed by atoms with Gasteiger partial charge in [-0.1, -0.05) is 0 Å². The summed E-state index contributed by atoms with van der Waals surface area (Å²) in [7, 11) is 0. The molecule has 0 bridgehead atoms. The van der Waals surface area contributed by atoms with Crippen LogP contribution < -0.4 is 5.73 Å².